The molecule has 0 saturated heterocycles. The number of hydrogen-bond donors (Lipinski definition) is 1. The van der Waals surface area contributed by atoms with Gasteiger partial charge in [0.25, 0.3) is 0 Å². The van der Waals surface area contributed by atoms with Gasteiger partial charge >= 0.3 is 0 Å². The van der Waals surface area contributed by atoms with Gasteiger partial charge in [-0.15, -0.1) is 0 Å². The van der Waals surface area contributed by atoms with Gasteiger partial charge in [-0.2, -0.15) is 0 Å². The second-order valence-corrected chi connectivity index (χ2v) is 4.96. The summed E-state index contributed by atoms with van der Waals surface area (Å²) in [5, 5.41) is 3.58. The van der Waals surface area contributed by atoms with E-state index in [-0.39, 0.29) is 0 Å². The maximum absolute atomic E-state index is 5.25. The van der Waals surface area contributed by atoms with Gasteiger partial charge in [-0.25, -0.2) is 0 Å². The Bertz CT molecular complexity index is 358. The van der Waals surface area contributed by atoms with Crippen molar-refractivity contribution in [3.05, 3.63) is 24.0 Å². The second-order valence-electron chi connectivity index (χ2n) is 4.96. The average Bonchev–Trinajstić information content (AvgIpc) is 2.43. The van der Waals surface area contributed by atoms with E-state index in [0.717, 1.165) is 31.7 Å². The van der Waals surface area contributed by atoms with E-state index in [9.17, 15) is 0 Å². The lowest BCUT2D eigenvalue weighted by molar-refractivity contribution is 0.149. The summed E-state index contributed by atoms with van der Waals surface area (Å²) in [6.07, 6.45) is 5.80. The van der Waals surface area contributed by atoms with Crippen molar-refractivity contribution in [3.63, 3.8) is 0 Å². The van der Waals surface area contributed by atoms with Crippen molar-refractivity contribution in [1.29, 1.82) is 0 Å². The van der Waals surface area contributed by atoms with Crippen molar-refractivity contribution in [1.82, 2.24) is 10.3 Å². The molecular formula is C15H26N2O2. The molecule has 0 amide bonds. The summed E-state index contributed by atoms with van der Waals surface area (Å²) in [6.45, 7) is 6.16. The van der Waals surface area contributed by atoms with Crippen LogP contribution in [-0.4, -0.2) is 32.4 Å². The number of hydrogen-bond acceptors (Lipinski definition) is 4. The summed E-state index contributed by atoms with van der Waals surface area (Å²) in [5.74, 6) is 1.31. The summed E-state index contributed by atoms with van der Waals surface area (Å²) in [6, 6.07) is 2.35. The van der Waals surface area contributed by atoms with Crippen LogP contribution < -0.4 is 10.1 Å². The lowest BCUT2D eigenvalue weighted by Gasteiger charge is -2.22. The van der Waals surface area contributed by atoms with Crippen molar-refractivity contribution < 1.29 is 9.47 Å². The Labute approximate surface area is 116 Å². The largest absolute Gasteiger partial charge is 0.495 e. The first-order valence-corrected chi connectivity index (χ1v) is 6.92. The number of ether oxygens (including phenoxy) is 2. The third kappa shape index (κ3) is 5.57. The molecule has 108 valence electrons. The first-order valence-electron chi connectivity index (χ1n) is 6.92. The molecule has 19 heavy (non-hydrogen) atoms. The fraction of sp³-hybridized carbons (Fsp3) is 0.667. The average molecular weight is 266 g/mol. The fourth-order valence-electron chi connectivity index (χ4n) is 2.15. The van der Waals surface area contributed by atoms with Crippen LogP contribution >= 0.6 is 0 Å². The third-order valence-corrected chi connectivity index (χ3v) is 3.10. The highest BCUT2D eigenvalue weighted by Gasteiger charge is 2.15. The minimum atomic E-state index is 0.299. The van der Waals surface area contributed by atoms with Crippen molar-refractivity contribution in [2.24, 2.45) is 5.92 Å². The lowest BCUT2D eigenvalue weighted by atomic mass is 9.97. The molecule has 0 spiro atoms. The van der Waals surface area contributed by atoms with E-state index in [2.05, 4.69) is 30.2 Å². The monoisotopic (exact) mass is 266 g/mol. The van der Waals surface area contributed by atoms with Crippen LogP contribution in [0.3, 0.4) is 0 Å². The predicted octanol–water partition coefficient (Wildman–Crippen LogP) is 2.80. The molecular weight excluding hydrogens is 240 g/mol. The zero-order valence-corrected chi connectivity index (χ0v) is 12.5. The summed E-state index contributed by atoms with van der Waals surface area (Å²) < 4.78 is 10.5. The molecule has 0 bridgehead atoms. The molecule has 0 radical (unpaired) electrons. The first kappa shape index (κ1) is 15.9. The molecule has 1 aromatic heterocycles. The van der Waals surface area contributed by atoms with Crippen LogP contribution in [-0.2, 0) is 4.74 Å². The Balaban J connectivity index is 2.76. The highest BCUT2D eigenvalue weighted by Crippen LogP contribution is 2.23. The van der Waals surface area contributed by atoms with E-state index in [4.69, 9.17) is 9.47 Å². The van der Waals surface area contributed by atoms with Crippen LogP contribution in [0.25, 0.3) is 0 Å². The number of nitrogens with zero attached hydrogens (tertiary/aromatic N) is 1. The molecule has 0 aliphatic carbocycles. The Morgan fingerprint density at radius 1 is 1.32 bits per heavy atom. The van der Waals surface area contributed by atoms with Gasteiger partial charge in [0.1, 0.15) is 5.75 Å². The first-order chi connectivity index (χ1) is 9.21. The highest BCUT2D eigenvalue weighted by atomic mass is 16.5. The SMILES string of the molecule is CCCNC(CC(C)COC)c1cncc(OC)c1. The summed E-state index contributed by atoms with van der Waals surface area (Å²) >= 11 is 0. The topological polar surface area (TPSA) is 43.4 Å². The Morgan fingerprint density at radius 2 is 2.11 bits per heavy atom. The molecule has 0 saturated carbocycles. The van der Waals surface area contributed by atoms with Crippen LogP contribution in [0.2, 0.25) is 0 Å². The zero-order chi connectivity index (χ0) is 14.1. The van der Waals surface area contributed by atoms with E-state index in [0.29, 0.717) is 12.0 Å². The number of pyridine rings is 1. The Kier molecular flexibility index (Phi) is 7.45. The van der Waals surface area contributed by atoms with Crippen LogP contribution in [0, 0.1) is 5.92 Å². The van der Waals surface area contributed by atoms with Gasteiger partial charge in [-0.3, -0.25) is 4.98 Å². The molecule has 1 N–H and O–H groups in total. The van der Waals surface area contributed by atoms with Crippen LogP contribution in [0.15, 0.2) is 18.5 Å². The smallest absolute Gasteiger partial charge is 0.137 e. The molecule has 2 unspecified atom stereocenters. The Hall–Kier alpha value is -1.13. The maximum atomic E-state index is 5.25. The van der Waals surface area contributed by atoms with Crippen LogP contribution in [0.4, 0.5) is 0 Å². The third-order valence-electron chi connectivity index (χ3n) is 3.10. The van der Waals surface area contributed by atoms with E-state index in [1.165, 1.54) is 5.56 Å². The fourth-order valence-corrected chi connectivity index (χ4v) is 2.15. The van der Waals surface area contributed by atoms with Gasteiger partial charge in [0.15, 0.2) is 0 Å². The van der Waals surface area contributed by atoms with Gasteiger partial charge in [-0.1, -0.05) is 13.8 Å². The quantitative estimate of drug-likeness (QED) is 0.746. The number of rotatable bonds is 9. The van der Waals surface area contributed by atoms with Gasteiger partial charge in [0.2, 0.25) is 0 Å². The van der Waals surface area contributed by atoms with E-state index < -0.39 is 0 Å². The highest BCUT2D eigenvalue weighted by molar-refractivity contribution is 5.26. The number of methoxy groups -OCH3 is 2. The van der Waals surface area contributed by atoms with Gasteiger partial charge in [-0.05, 0) is 36.9 Å². The molecule has 4 heteroatoms. The van der Waals surface area contributed by atoms with E-state index >= 15 is 0 Å². The Morgan fingerprint density at radius 3 is 2.74 bits per heavy atom. The number of nitrogens with one attached hydrogen (secondary N) is 1. The molecule has 1 heterocycles. The molecule has 1 rings (SSSR count). The molecule has 0 aliphatic rings. The van der Waals surface area contributed by atoms with Crippen molar-refractivity contribution in [3.8, 4) is 5.75 Å². The summed E-state index contributed by atoms with van der Waals surface area (Å²) in [5.41, 5.74) is 1.18. The lowest BCUT2D eigenvalue weighted by Crippen LogP contribution is -2.25. The standard InChI is InChI=1S/C15H26N2O2/c1-5-6-17-15(7-12(2)11-18-3)13-8-14(19-4)10-16-9-13/h8-10,12,15,17H,5-7,11H2,1-4H3. The van der Waals surface area contributed by atoms with Gasteiger partial charge < -0.3 is 14.8 Å². The minimum Gasteiger partial charge on any atom is -0.495 e. The summed E-state index contributed by atoms with van der Waals surface area (Å²) in [4.78, 5) is 4.24. The van der Waals surface area contributed by atoms with Crippen molar-refractivity contribution >= 4 is 0 Å². The summed E-state index contributed by atoms with van der Waals surface area (Å²) in [7, 11) is 3.42. The molecule has 2 atom stereocenters. The second kappa shape index (κ2) is 8.88. The van der Waals surface area contributed by atoms with E-state index in [1.54, 1.807) is 20.4 Å². The minimum absolute atomic E-state index is 0.299. The molecule has 0 aromatic carbocycles. The predicted molar refractivity (Wildman–Crippen MR) is 77.5 cm³/mol. The normalized spacial score (nSPS) is 14.1. The van der Waals surface area contributed by atoms with Crippen molar-refractivity contribution in [2.75, 3.05) is 27.4 Å². The molecule has 4 nitrogen and oxygen atoms in total. The molecule has 1 aromatic rings. The molecule has 0 fully saturated rings. The molecule has 0 aliphatic heterocycles. The van der Waals surface area contributed by atoms with Crippen LogP contribution in [0.5, 0.6) is 5.75 Å². The van der Waals surface area contributed by atoms with Gasteiger partial charge in [0, 0.05) is 26.0 Å². The van der Waals surface area contributed by atoms with Crippen LogP contribution in [0.1, 0.15) is 38.3 Å². The van der Waals surface area contributed by atoms with E-state index in [1.807, 2.05) is 6.20 Å². The zero-order valence-electron chi connectivity index (χ0n) is 12.5. The maximum Gasteiger partial charge on any atom is 0.137 e. The van der Waals surface area contributed by atoms with Crippen molar-refractivity contribution in [2.45, 2.75) is 32.7 Å². The van der Waals surface area contributed by atoms with Gasteiger partial charge in [0.05, 0.1) is 13.3 Å². The number of aromatic nitrogens is 1.